The van der Waals surface area contributed by atoms with Crippen LogP contribution in [0, 0.1) is 5.92 Å². The van der Waals surface area contributed by atoms with Crippen LogP contribution in [0.3, 0.4) is 0 Å². The lowest BCUT2D eigenvalue weighted by Crippen LogP contribution is -2.42. The summed E-state index contributed by atoms with van der Waals surface area (Å²) in [6.07, 6.45) is -3.36. The van der Waals surface area contributed by atoms with Gasteiger partial charge < -0.3 is 10.4 Å². The van der Waals surface area contributed by atoms with Gasteiger partial charge >= 0.3 is 12.1 Å². The standard InChI is InChI=1S/C15H17F3N2O3.ClH/c16-15(17,18)11-5-1-2-6-12(11)19-13(21)9-20-7-3-4-10(8-20)14(22)23;/h1-2,5-6,10H,3-4,7-9H2,(H,19,21)(H,22,23);1H. The number of carbonyl (C=O) groups is 2. The fourth-order valence-corrected chi connectivity index (χ4v) is 2.63. The van der Waals surface area contributed by atoms with E-state index in [1.54, 1.807) is 4.90 Å². The summed E-state index contributed by atoms with van der Waals surface area (Å²) < 4.78 is 38.6. The van der Waals surface area contributed by atoms with Gasteiger partial charge in [-0.2, -0.15) is 13.2 Å². The van der Waals surface area contributed by atoms with Gasteiger partial charge in [0.25, 0.3) is 0 Å². The van der Waals surface area contributed by atoms with Crippen LogP contribution in [0.15, 0.2) is 24.3 Å². The zero-order chi connectivity index (χ0) is 17.0. The molecule has 9 heteroatoms. The van der Waals surface area contributed by atoms with Gasteiger partial charge in [0.2, 0.25) is 5.91 Å². The molecule has 0 saturated carbocycles. The van der Waals surface area contributed by atoms with Crippen molar-refractivity contribution in [3.63, 3.8) is 0 Å². The van der Waals surface area contributed by atoms with Gasteiger partial charge in [-0.25, -0.2) is 0 Å². The number of nitrogens with one attached hydrogen (secondary N) is 1. The molecule has 0 bridgehead atoms. The number of alkyl halides is 3. The Hall–Kier alpha value is -1.80. The van der Waals surface area contributed by atoms with E-state index in [4.69, 9.17) is 5.11 Å². The number of aliphatic carboxylic acids is 1. The van der Waals surface area contributed by atoms with E-state index in [-0.39, 0.29) is 31.2 Å². The molecule has 0 aromatic heterocycles. The number of carbonyl (C=O) groups excluding carboxylic acids is 1. The number of para-hydroxylation sites is 1. The first-order valence-electron chi connectivity index (χ1n) is 7.18. The van der Waals surface area contributed by atoms with Crippen LogP contribution in [0.4, 0.5) is 18.9 Å². The van der Waals surface area contributed by atoms with Gasteiger partial charge in [0.1, 0.15) is 0 Å². The molecule has 1 aromatic carbocycles. The van der Waals surface area contributed by atoms with E-state index < -0.39 is 29.5 Å². The lowest BCUT2D eigenvalue weighted by atomic mass is 9.98. The van der Waals surface area contributed by atoms with Crippen molar-refractivity contribution in [1.82, 2.24) is 4.90 Å². The molecule has 2 N–H and O–H groups in total. The minimum Gasteiger partial charge on any atom is -0.481 e. The fourth-order valence-electron chi connectivity index (χ4n) is 2.63. The van der Waals surface area contributed by atoms with Crippen LogP contribution in [-0.4, -0.2) is 41.5 Å². The number of hydrogen-bond donors (Lipinski definition) is 2. The molecule has 0 radical (unpaired) electrons. The Morgan fingerprint density at radius 1 is 1.29 bits per heavy atom. The Bertz CT molecular complexity index is 596. The molecule has 1 saturated heterocycles. The second kappa shape index (κ2) is 8.34. The Labute approximate surface area is 143 Å². The lowest BCUT2D eigenvalue weighted by Gasteiger charge is -2.30. The Balaban J connectivity index is 0.00000288. The van der Waals surface area contributed by atoms with E-state index in [0.717, 1.165) is 6.07 Å². The highest BCUT2D eigenvalue weighted by Gasteiger charge is 2.34. The van der Waals surface area contributed by atoms with Gasteiger partial charge in [-0.05, 0) is 31.5 Å². The largest absolute Gasteiger partial charge is 0.481 e. The molecule has 5 nitrogen and oxygen atoms in total. The van der Waals surface area contributed by atoms with Crippen LogP contribution in [0.1, 0.15) is 18.4 Å². The Kier molecular flexibility index (Phi) is 7.04. The van der Waals surface area contributed by atoms with Crippen LogP contribution in [0.25, 0.3) is 0 Å². The maximum Gasteiger partial charge on any atom is 0.418 e. The molecule has 1 aromatic rings. The number of halogens is 4. The number of piperidine rings is 1. The number of carboxylic acids is 1. The number of carboxylic acid groups (broad SMARTS) is 1. The number of benzene rings is 1. The highest BCUT2D eigenvalue weighted by atomic mass is 35.5. The van der Waals surface area contributed by atoms with E-state index in [0.29, 0.717) is 19.4 Å². The first-order valence-corrected chi connectivity index (χ1v) is 7.18. The third-order valence-corrected chi connectivity index (χ3v) is 3.73. The SMILES string of the molecule is Cl.O=C(CN1CCCC(C(=O)O)C1)Nc1ccccc1C(F)(F)F. The van der Waals surface area contributed by atoms with Crippen molar-refractivity contribution < 1.29 is 27.9 Å². The van der Waals surface area contributed by atoms with Crippen molar-refractivity contribution in [2.45, 2.75) is 19.0 Å². The molecule has 1 amide bonds. The van der Waals surface area contributed by atoms with Gasteiger partial charge in [0.15, 0.2) is 0 Å². The fraction of sp³-hybridized carbons (Fsp3) is 0.467. The van der Waals surface area contributed by atoms with Crippen LogP contribution in [0.5, 0.6) is 0 Å². The van der Waals surface area contributed by atoms with Gasteiger partial charge in [-0.3, -0.25) is 14.5 Å². The van der Waals surface area contributed by atoms with Crippen molar-refractivity contribution in [3.05, 3.63) is 29.8 Å². The number of anilines is 1. The van der Waals surface area contributed by atoms with E-state index in [1.165, 1.54) is 18.2 Å². The predicted molar refractivity (Wildman–Crippen MR) is 84.1 cm³/mol. The molecule has 1 fully saturated rings. The molecular formula is C15H18ClF3N2O3. The minimum atomic E-state index is -4.55. The summed E-state index contributed by atoms with van der Waals surface area (Å²) in [5.41, 5.74) is -1.20. The van der Waals surface area contributed by atoms with E-state index in [1.807, 2.05) is 0 Å². The highest BCUT2D eigenvalue weighted by molar-refractivity contribution is 5.93. The summed E-state index contributed by atoms with van der Waals surface area (Å²) in [6, 6.07) is 4.75. The van der Waals surface area contributed by atoms with Crippen LogP contribution in [-0.2, 0) is 15.8 Å². The normalized spacial score (nSPS) is 18.5. The molecule has 1 unspecified atom stereocenters. The maximum atomic E-state index is 12.9. The van der Waals surface area contributed by atoms with Crippen molar-refractivity contribution in [2.24, 2.45) is 5.92 Å². The zero-order valence-corrected chi connectivity index (χ0v) is 13.5. The zero-order valence-electron chi connectivity index (χ0n) is 12.7. The van der Waals surface area contributed by atoms with E-state index in [9.17, 15) is 22.8 Å². The van der Waals surface area contributed by atoms with Gasteiger partial charge in [0, 0.05) is 6.54 Å². The Morgan fingerprint density at radius 3 is 2.58 bits per heavy atom. The molecule has 1 aliphatic heterocycles. The molecule has 1 heterocycles. The van der Waals surface area contributed by atoms with E-state index in [2.05, 4.69) is 5.32 Å². The third kappa shape index (κ3) is 5.38. The van der Waals surface area contributed by atoms with Crippen molar-refractivity contribution in [3.8, 4) is 0 Å². The summed E-state index contributed by atoms with van der Waals surface area (Å²) in [5.74, 6) is -2.05. The van der Waals surface area contributed by atoms with Crippen LogP contribution < -0.4 is 5.32 Å². The second-order valence-corrected chi connectivity index (χ2v) is 5.50. The Morgan fingerprint density at radius 2 is 1.96 bits per heavy atom. The molecule has 24 heavy (non-hydrogen) atoms. The van der Waals surface area contributed by atoms with Crippen molar-refractivity contribution in [2.75, 3.05) is 25.0 Å². The number of hydrogen-bond acceptors (Lipinski definition) is 3. The van der Waals surface area contributed by atoms with Crippen LogP contribution >= 0.6 is 12.4 Å². The topological polar surface area (TPSA) is 69.6 Å². The van der Waals surface area contributed by atoms with Gasteiger partial charge in [-0.15, -0.1) is 12.4 Å². The van der Waals surface area contributed by atoms with Gasteiger partial charge in [0.05, 0.1) is 23.7 Å². The molecule has 134 valence electrons. The molecule has 0 spiro atoms. The summed E-state index contributed by atoms with van der Waals surface area (Å²) >= 11 is 0. The molecule has 0 aliphatic carbocycles. The van der Waals surface area contributed by atoms with E-state index >= 15 is 0 Å². The molecule has 2 rings (SSSR count). The first-order chi connectivity index (χ1) is 10.8. The third-order valence-electron chi connectivity index (χ3n) is 3.73. The summed E-state index contributed by atoms with van der Waals surface area (Å²) in [4.78, 5) is 24.6. The molecule has 1 atom stereocenters. The summed E-state index contributed by atoms with van der Waals surface area (Å²) in [5, 5.41) is 11.3. The van der Waals surface area contributed by atoms with Crippen LogP contribution in [0.2, 0.25) is 0 Å². The number of likely N-dealkylation sites (tertiary alicyclic amines) is 1. The minimum absolute atomic E-state index is 0. The summed E-state index contributed by atoms with van der Waals surface area (Å²) in [7, 11) is 0. The smallest absolute Gasteiger partial charge is 0.418 e. The number of amides is 1. The highest BCUT2D eigenvalue weighted by Crippen LogP contribution is 2.34. The number of rotatable bonds is 4. The van der Waals surface area contributed by atoms with Gasteiger partial charge in [-0.1, -0.05) is 12.1 Å². The van der Waals surface area contributed by atoms with Crippen molar-refractivity contribution >= 4 is 30.0 Å². The molecular weight excluding hydrogens is 349 g/mol. The predicted octanol–water partition coefficient (Wildman–Crippen LogP) is 2.86. The lowest BCUT2D eigenvalue weighted by molar-refractivity contribution is -0.144. The summed E-state index contributed by atoms with van der Waals surface area (Å²) in [6.45, 7) is 0.651. The average Bonchev–Trinajstić information content (AvgIpc) is 2.46. The average molecular weight is 367 g/mol. The molecule has 1 aliphatic rings. The quantitative estimate of drug-likeness (QED) is 0.859. The maximum absolute atomic E-state index is 12.9. The monoisotopic (exact) mass is 366 g/mol. The first kappa shape index (κ1) is 20.2. The number of nitrogens with zero attached hydrogens (tertiary/aromatic N) is 1. The second-order valence-electron chi connectivity index (χ2n) is 5.50. The van der Waals surface area contributed by atoms with Crippen molar-refractivity contribution in [1.29, 1.82) is 0 Å².